The molecule has 1 rings (SSSR count). The summed E-state index contributed by atoms with van der Waals surface area (Å²) < 4.78 is 10.9. The average Bonchev–Trinajstić information content (AvgIpc) is 2.70. The highest BCUT2D eigenvalue weighted by atomic mass is 16.5. The fourth-order valence-electron chi connectivity index (χ4n) is 2.73. The summed E-state index contributed by atoms with van der Waals surface area (Å²) in [4.78, 5) is 9.16. The van der Waals surface area contributed by atoms with Crippen LogP contribution in [0.3, 0.4) is 0 Å². The lowest BCUT2D eigenvalue weighted by Gasteiger charge is -2.18. The van der Waals surface area contributed by atoms with Crippen molar-refractivity contribution in [3.63, 3.8) is 0 Å². The lowest BCUT2D eigenvalue weighted by Crippen LogP contribution is -2.41. The molecule has 0 heterocycles. The number of hydrogen-bond donors (Lipinski definition) is 2. The number of nitrogens with one attached hydrogen (secondary N) is 2. The van der Waals surface area contributed by atoms with E-state index in [0.29, 0.717) is 6.54 Å². The molecule has 0 spiro atoms. The van der Waals surface area contributed by atoms with Gasteiger partial charge in [-0.3, -0.25) is 0 Å². The van der Waals surface area contributed by atoms with E-state index in [9.17, 15) is 0 Å². The summed E-state index contributed by atoms with van der Waals surface area (Å²) in [6.07, 6.45) is 2.08. The molecule has 0 bridgehead atoms. The van der Waals surface area contributed by atoms with Crippen molar-refractivity contribution in [1.82, 2.24) is 20.4 Å². The topological polar surface area (TPSA) is 61.4 Å². The fourth-order valence-corrected chi connectivity index (χ4v) is 2.73. The Balaban J connectivity index is 2.37. The first-order chi connectivity index (χ1) is 14.0. The fraction of sp³-hybridized carbons (Fsp3) is 0.682. The van der Waals surface area contributed by atoms with Crippen LogP contribution < -0.4 is 15.4 Å². The molecule has 0 aliphatic heterocycles. The first-order valence-electron chi connectivity index (χ1n) is 10.6. The van der Waals surface area contributed by atoms with Crippen LogP contribution in [0.2, 0.25) is 0 Å². The Hall–Kier alpha value is -1.83. The van der Waals surface area contributed by atoms with Gasteiger partial charge >= 0.3 is 0 Å². The Labute approximate surface area is 177 Å². The van der Waals surface area contributed by atoms with Crippen LogP contribution in [0.25, 0.3) is 0 Å². The smallest absolute Gasteiger partial charge is 0.191 e. The Morgan fingerprint density at radius 2 is 1.69 bits per heavy atom. The van der Waals surface area contributed by atoms with Gasteiger partial charge in [-0.25, -0.2) is 4.99 Å². The molecule has 166 valence electrons. The first-order valence-corrected chi connectivity index (χ1v) is 10.6. The van der Waals surface area contributed by atoms with Crippen molar-refractivity contribution in [2.24, 2.45) is 4.99 Å². The van der Waals surface area contributed by atoms with E-state index >= 15 is 0 Å². The molecule has 0 radical (unpaired) electrons. The summed E-state index contributed by atoms with van der Waals surface area (Å²) >= 11 is 0. The van der Waals surface area contributed by atoms with Gasteiger partial charge in [-0.05, 0) is 58.6 Å². The molecule has 29 heavy (non-hydrogen) atoms. The second kappa shape index (κ2) is 16.0. The minimum atomic E-state index is 0.639. The van der Waals surface area contributed by atoms with Crippen LogP contribution in [-0.2, 0) is 11.3 Å². The largest absolute Gasteiger partial charge is 0.494 e. The number of likely N-dealkylation sites (N-methyl/N-ethyl adjacent to an activating group) is 1. The molecular weight excluding hydrogens is 366 g/mol. The zero-order valence-corrected chi connectivity index (χ0v) is 19.0. The third-order valence-corrected chi connectivity index (χ3v) is 4.38. The van der Waals surface area contributed by atoms with Crippen LogP contribution in [0.1, 0.15) is 25.3 Å². The van der Waals surface area contributed by atoms with Gasteiger partial charge in [0.1, 0.15) is 5.75 Å². The predicted octanol–water partition coefficient (Wildman–Crippen LogP) is 2.04. The maximum absolute atomic E-state index is 5.79. The van der Waals surface area contributed by atoms with Crippen LogP contribution in [0.4, 0.5) is 0 Å². The van der Waals surface area contributed by atoms with E-state index < -0.39 is 0 Å². The van der Waals surface area contributed by atoms with Crippen molar-refractivity contribution < 1.29 is 9.47 Å². The van der Waals surface area contributed by atoms with Gasteiger partial charge in [0.05, 0.1) is 13.2 Å². The molecule has 2 N–H and O–H groups in total. The summed E-state index contributed by atoms with van der Waals surface area (Å²) in [5.41, 5.74) is 1.17. The molecule has 1 aromatic rings. The number of ether oxygens (including phenoxy) is 2. The Bertz CT molecular complexity index is 549. The van der Waals surface area contributed by atoms with Gasteiger partial charge in [0.25, 0.3) is 0 Å². The number of guanidine groups is 1. The van der Waals surface area contributed by atoms with Crippen molar-refractivity contribution in [1.29, 1.82) is 0 Å². The maximum Gasteiger partial charge on any atom is 0.191 e. The van der Waals surface area contributed by atoms with Crippen molar-refractivity contribution >= 4 is 5.96 Å². The standard InChI is InChI=1S/C22H41N5O2/c1-6-23-22(24-13-16-27(4)15-8-17-28-5)25-19-20-9-11-21(12-10-20)29-18-7-14-26(2)3/h9-12H,6-8,13-19H2,1-5H3,(H2,23,24,25). The minimum Gasteiger partial charge on any atom is -0.494 e. The Kier molecular flexibility index (Phi) is 13.9. The molecule has 0 aliphatic rings. The first kappa shape index (κ1) is 25.2. The second-order valence-corrected chi connectivity index (χ2v) is 7.42. The van der Waals surface area contributed by atoms with Crippen molar-refractivity contribution in [3.05, 3.63) is 29.8 Å². The number of methoxy groups -OCH3 is 1. The molecule has 0 amide bonds. The van der Waals surface area contributed by atoms with E-state index in [1.165, 1.54) is 5.56 Å². The van der Waals surface area contributed by atoms with Crippen molar-refractivity contribution in [2.75, 3.05) is 74.2 Å². The lowest BCUT2D eigenvalue weighted by atomic mass is 10.2. The van der Waals surface area contributed by atoms with Crippen LogP contribution in [0.15, 0.2) is 29.3 Å². The van der Waals surface area contributed by atoms with Gasteiger partial charge in [0.2, 0.25) is 0 Å². The van der Waals surface area contributed by atoms with E-state index in [0.717, 1.165) is 70.5 Å². The molecule has 0 aliphatic carbocycles. The van der Waals surface area contributed by atoms with Crippen molar-refractivity contribution in [2.45, 2.75) is 26.3 Å². The lowest BCUT2D eigenvalue weighted by molar-refractivity contribution is 0.180. The molecule has 7 nitrogen and oxygen atoms in total. The van der Waals surface area contributed by atoms with E-state index in [2.05, 4.69) is 60.6 Å². The third-order valence-electron chi connectivity index (χ3n) is 4.38. The van der Waals surface area contributed by atoms with Gasteiger partial charge in [0.15, 0.2) is 5.96 Å². The molecule has 0 unspecified atom stereocenters. The summed E-state index contributed by atoms with van der Waals surface area (Å²) in [5.74, 6) is 1.76. The number of hydrogen-bond acceptors (Lipinski definition) is 5. The van der Waals surface area contributed by atoms with Crippen LogP contribution in [0.5, 0.6) is 5.75 Å². The maximum atomic E-state index is 5.79. The van der Waals surface area contributed by atoms with E-state index in [1.54, 1.807) is 7.11 Å². The van der Waals surface area contributed by atoms with E-state index in [-0.39, 0.29) is 0 Å². The highest BCUT2D eigenvalue weighted by Crippen LogP contribution is 2.13. The third kappa shape index (κ3) is 13.1. The Morgan fingerprint density at radius 3 is 2.34 bits per heavy atom. The highest BCUT2D eigenvalue weighted by molar-refractivity contribution is 5.79. The average molecular weight is 408 g/mol. The van der Waals surface area contributed by atoms with Gasteiger partial charge in [-0.1, -0.05) is 12.1 Å². The molecular formula is C22H41N5O2. The predicted molar refractivity (Wildman–Crippen MR) is 122 cm³/mol. The molecule has 0 fully saturated rings. The second-order valence-electron chi connectivity index (χ2n) is 7.42. The summed E-state index contributed by atoms with van der Waals surface area (Å²) in [7, 11) is 8.03. The van der Waals surface area contributed by atoms with Gasteiger partial charge in [-0.2, -0.15) is 0 Å². The van der Waals surface area contributed by atoms with Crippen LogP contribution in [-0.4, -0.2) is 89.9 Å². The summed E-state index contributed by atoms with van der Waals surface area (Å²) in [5, 5.41) is 6.71. The van der Waals surface area contributed by atoms with Crippen molar-refractivity contribution in [3.8, 4) is 5.75 Å². The zero-order chi connectivity index (χ0) is 21.3. The number of benzene rings is 1. The molecule has 1 aromatic carbocycles. The minimum absolute atomic E-state index is 0.639. The van der Waals surface area contributed by atoms with Gasteiger partial charge in [-0.15, -0.1) is 0 Å². The molecule has 0 saturated carbocycles. The highest BCUT2D eigenvalue weighted by Gasteiger charge is 2.01. The molecule has 7 heteroatoms. The summed E-state index contributed by atoms with van der Waals surface area (Å²) in [6.45, 7) is 9.00. The normalized spacial score (nSPS) is 11.9. The molecule has 0 atom stereocenters. The summed E-state index contributed by atoms with van der Waals surface area (Å²) in [6, 6.07) is 8.21. The van der Waals surface area contributed by atoms with Crippen LogP contribution in [0, 0.1) is 0 Å². The van der Waals surface area contributed by atoms with E-state index in [1.807, 2.05) is 12.1 Å². The number of nitrogens with zero attached hydrogens (tertiary/aromatic N) is 3. The monoisotopic (exact) mass is 407 g/mol. The van der Waals surface area contributed by atoms with E-state index in [4.69, 9.17) is 14.5 Å². The number of aliphatic imine (C=N–C) groups is 1. The SMILES string of the molecule is CCNC(=NCc1ccc(OCCCN(C)C)cc1)NCCN(C)CCCOC. The quantitative estimate of drug-likeness (QED) is 0.264. The van der Waals surface area contributed by atoms with Gasteiger partial charge in [0, 0.05) is 46.4 Å². The molecule has 0 saturated heterocycles. The number of rotatable bonds is 15. The zero-order valence-electron chi connectivity index (χ0n) is 19.0. The Morgan fingerprint density at radius 1 is 0.966 bits per heavy atom. The van der Waals surface area contributed by atoms with Gasteiger partial charge < -0.3 is 29.9 Å². The molecule has 0 aromatic heterocycles. The van der Waals surface area contributed by atoms with Crippen LogP contribution >= 0.6 is 0 Å².